The number of hydrogen-bond acceptors (Lipinski definition) is 2. The van der Waals surface area contributed by atoms with E-state index in [-0.39, 0.29) is 23.9 Å². The quantitative estimate of drug-likeness (QED) is 0.533. The van der Waals surface area contributed by atoms with Crippen molar-refractivity contribution in [2.24, 2.45) is 0 Å². The van der Waals surface area contributed by atoms with Gasteiger partial charge in [0, 0.05) is 37.8 Å². The molecule has 0 heterocycles. The Balaban J connectivity index is 2.15. The van der Waals surface area contributed by atoms with Gasteiger partial charge in [0.05, 0.1) is 0 Å². The van der Waals surface area contributed by atoms with Crippen LogP contribution in [-0.4, -0.2) is 23.9 Å². The van der Waals surface area contributed by atoms with Crippen molar-refractivity contribution in [2.75, 3.05) is 0 Å². The first-order chi connectivity index (χ1) is 10.7. The van der Waals surface area contributed by atoms with Crippen molar-refractivity contribution in [1.82, 2.24) is 10.6 Å². The number of amides is 2. The average molecular weight is 302 g/mol. The molecular formula is C18H26N2O2. The van der Waals surface area contributed by atoms with E-state index in [0.717, 1.165) is 38.5 Å². The summed E-state index contributed by atoms with van der Waals surface area (Å²) in [5.41, 5.74) is 0. The topological polar surface area (TPSA) is 58.2 Å². The predicted molar refractivity (Wildman–Crippen MR) is 87.7 cm³/mol. The Morgan fingerprint density at radius 3 is 1.50 bits per heavy atom. The van der Waals surface area contributed by atoms with Crippen LogP contribution in [0.4, 0.5) is 0 Å². The third-order valence-corrected chi connectivity index (χ3v) is 3.91. The van der Waals surface area contributed by atoms with Gasteiger partial charge in [0.15, 0.2) is 0 Å². The van der Waals surface area contributed by atoms with E-state index in [1.807, 2.05) is 0 Å². The van der Waals surface area contributed by atoms with Crippen molar-refractivity contribution >= 4 is 11.8 Å². The first kappa shape index (κ1) is 18.1. The molecule has 2 N–H and O–H groups in total. The van der Waals surface area contributed by atoms with Crippen LogP contribution in [0, 0.1) is 24.7 Å². The smallest absolute Gasteiger partial charge is 0.220 e. The van der Waals surface area contributed by atoms with Gasteiger partial charge in [0.2, 0.25) is 11.8 Å². The molecule has 0 aromatic rings. The summed E-state index contributed by atoms with van der Waals surface area (Å²) in [6, 6.07) is 0.459. The molecule has 0 aromatic heterocycles. The van der Waals surface area contributed by atoms with Crippen LogP contribution in [0.25, 0.3) is 0 Å². The van der Waals surface area contributed by atoms with E-state index in [4.69, 9.17) is 12.8 Å². The Labute approximate surface area is 133 Å². The third-order valence-electron chi connectivity index (χ3n) is 3.91. The molecule has 0 saturated heterocycles. The highest BCUT2D eigenvalue weighted by Crippen LogP contribution is 2.19. The van der Waals surface area contributed by atoms with Crippen LogP contribution in [0.3, 0.4) is 0 Å². The highest BCUT2D eigenvalue weighted by molar-refractivity contribution is 5.76. The monoisotopic (exact) mass is 302 g/mol. The minimum absolute atomic E-state index is 0.0806. The summed E-state index contributed by atoms with van der Waals surface area (Å²) in [6.07, 6.45) is 17.7. The van der Waals surface area contributed by atoms with Gasteiger partial charge in [-0.15, -0.1) is 24.7 Å². The van der Waals surface area contributed by atoms with E-state index >= 15 is 0 Å². The zero-order chi connectivity index (χ0) is 16.2. The van der Waals surface area contributed by atoms with Crippen molar-refractivity contribution in [3.63, 3.8) is 0 Å². The fourth-order valence-electron chi connectivity index (χ4n) is 2.68. The van der Waals surface area contributed by atoms with Crippen molar-refractivity contribution in [3.8, 4) is 24.7 Å². The Kier molecular flexibility index (Phi) is 8.84. The van der Waals surface area contributed by atoms with Gasteiger partial charge < -0.3 is 10.6 Å². The molecule has 4 nitrogen and oxygen atoms in total. The summed E-state index contributed by atoms with van der Waals surface area (Å²) in [7, 11) is 0. The van der Waals surface area contributed by atoms with Crippen LogP contribution < -0.4 is 10.6 Å². The lowest BCUT2D eigenvalue weighted by Crippen LogP contribution is -2.43. The van der Waals surface area contributed by atoms with Crippen molar-refractivity contribution in [2.45, 2.75) is 76.3 Å². The molecule has 4 heteroatoms. The SMILES string of the molecule is C#CCCCC(=O)NC1CCC(NC(=O)CCCC#C)CC1. The minimum atomic E-state index is 0.0806. The molecule has 0 bridgehead atoms. The lowest BCUT2D eigenvalue weighted by Gasteiger charge is -2.29. The van der Waals surface area contributed by atoms with E-state index in [0.29, 0.717) is 25.7 Å². The predicted octanol–water partition coefficient (Wildman–Crippen LogP) is 2.14. The van der Waals surface area contributed by atoms with E-state index in [1.165, 1.54) is 0 Å². The summed E-state index contributed by atoms with van der Waals surface area (Å²) in [6.45, 7) is 0. The van der Waals surface area contributed by atoms with Crippen LogP contribution in [0.1, 0.15) is 64.2 Å². The van der Waals surface area contributed by atoms with Crippen LogP contribution in [0.15, 0.2) is 0 Å². The number of unbranched alkanes of at least 4 members (excludes halogenated alkanes) is 2. The normalized spacial score (nSPS) is 20.5. The molecule has 0 spiro atoms. The third kappa shape index (κ3) is 7.74. The lowest BCUT2D eigenvalue weighted by atomic mass is 9.91. The lowest BCUT2D eigenvalue weighted by molar-refractivity contribution is -0.123. The Bertz CT molecular complexity index is 395. The maximum Gasteiger partial charge on any atom is 0.220 e. The second-order valence-corrected chi connectivity index (χ2v) is 5.80. The summed E-state index contributed by atoms with van der Waals surface area (Å²) in [5.74, 6) is 5.24. The Morgan fingerprint density at radius 2 is 1.18 bits per heavy atom. The summed E-state index contributed by atoms with van der Waals surface area (Å²) in [4.78, 5) is 23.5. The van der Waals surface area contributed by atoms with Crippen molar-refractivity contribution in [1.29, 1.82) is 0 Å². The van der Waals surface area contributed by atoms with Crippen molar-refractivity contribution in [3.05, 3.63) is 0 Å². The molecule has 1 fully saturated rings. The molecule has 0 radical (unpaired) electrons. The summed E-state index contributed by atoms with van der Waals surface area (Å²) in [5, 5.41) is 6.10. The fraction of sp³-hybridized carbons (Fsp3) is 0.667. The Hall–Kier alpha value is -1.94. The van der Waals surface area contributed by atoms with Gasteiger partial charge in [0.1, 0.15) is 0 Å². The largest absolute Gasteiger partial charge is 0.353 e. The van der Waals surface area contributed by atoms with E-state index < -0.39 is 0 Å². The zero-order valence-corrected chi connectivity index (χ0v) is 13.2. The van der Waals surface area contributed by atoms with Crippen LogP contribution >= 0.6 is 0 Å². The molecular weight excluding hydrogens is 276 g/mol. The number of hydrogen-bond donors (Lipinski definition) is 2. The summed E-state index contributed by atoms with van der Waals surface area (Å²) < 4.78 is 0. The molecule has 2 amide bonds. The van der Waals surface area contributed by atoms with Gasteiger partial charge in [-0.25, -0.2) is 0 Å². The van der Waals surface area contributed by atoms with Gasteiger partial charge in [-0.05, 0) is 38.5 Å². The van der Waals surface area contributed by atoms with E-state index in [1.54, 1.807) is 0 Å². The standard InChI is InChI=1S/C18H26N2O2/c1-3-5-7-9-17(21)19-15-11-13-16(14-12-15)20-18(22)10-8-6-4-2/h1-2,15-16H,5-14H2,(H,19,21)(H,20,22). The van der Waals surface area contributed by atoms with Gasteiger partial charge >= 0.3 is 0 Å². The Morgan fingerprint density at radius 1 is 0.818 bits per heavy atom. The van der Waals surface area contributed by atoms with Crippen LogP contribution in [0.2, 0.25) is 0 Å². The second-order valence-electron chi connectivity index (χ2n) is 5.80. The van der Waals surface area contributed by atoms with E-state index in [9.17, 15) is 9.59 Å². The van der Waals surface area contributed by atoms with Gasteiger partial charge in [-0.2, -0.15) is 0 Å². The first-order valence-corrected chi connectivity index (χ1v) is 8.11. The molecule has 0 atom stereocenters. The molecule has 1 aliphatic rings. The highest BCUT2D eigenvalue weighted by Gasteiger charge is 2.23. The number of carbonyl (C=O) groups is 2. The molecule has 22 heavy (non-hydrogen) atoms. The van der Waals surface area contributed by atoms with Gasteiger partial charge in [-0.1, -0.05) is 0 Å². The highest BCUT2D eigenvalue weighted by atomic mass is 16.2. The molecule has 1 saturated carbocycles. The molecule has 120 valence electrons. The average Bonchev–Trinajstić information content (AvgIpc) is 2.50. The molecule has 0 aromatic carbocycles. The number of carbonyl (C=O) groups excluding carboxylic acids is 2. The van der Waals surface area contributed by atoms with Crippen molar-refractivity contribution < 1.29 is 9.59 Å². The molecule has 1 rings (SSSR count). The maximum absolute atomic E-state index is 11.7. The fourth-order valence-corrected chi connectivity index (χ4v) is 2.68. The number of rotatable bonds is 8. The van der Waals surface area contributed by atoms with E-state index in [2.05, 4.69) is 22.5 Å². The summed E-state index contributed by atoms with van der Waals surface area (Å²) >= 11 is 0. The minimum Gasteiger partial charge on any atom is -0.353 e. The second kappa shape index (κ2) is 10.7. The molecule has 0 aliphatic heterocycles. The number of terminal acetylenes is 2. The number of nitrogens with one attached hydrogen (secondary N) is 2. The molecule has 0 unspecified atom stereocenters. The van der Waals surface area contributed by atoms with Gasteiger partial charge in [0.25, 0.3) is 0 Å². The maximum atomic E-state index is 11.7. The van der Waals surface area contributed by atoms with Gasteiger partial charge in [-0.3, -0.25) is 9.59 Å². The molecule has 1 aliphatic carbocycles. The van der Waals surface area contributed by atoms with Crippen LogP contribution in [-0.2, 0) is 9.59 Å². The zero-order valence-electron chi connectivity index (χ0n) is 13.2. The van der Waals surface area contributed by atoms with Crippen LogP contribution in [0.5, 0.6) is 0 Å². The first-order valence-electron chi connectivity index (χ1n) is 8.11.